The molecule has 3 saturated heterocycles. The molecule has 1 N–H and O–H groups in total. The number of piperidine rings is 2. The Labute approximate surface area is 323 Å². The zero-order chi connectivity index (χ0) is 38.3. The van der Waals surface area contributed by atoms with Crippen LogP contribution in [0.4, 0.5) is 0 Å². The third kappa shape index (κ3) is 6.88. The molecule has 1 atom stereocenters. The Kier molecular flexibility index (Phi) is 9.69. The molecule has 0 aliphatic carbocycles. The van der Waals surface area contributed by atoms with Gasteiger partial charge in [-0.05, 0) is 61.2 Å². The number of likely N-dealkylation sites (tertiary alicyclic amines) is 2. The highest BCUT2D eigenvalue weighted by molar-refractivity contribution is 6.23. The van der Waals surface area contributed by atoms with Gasteiger partial charge < -0.3 is 18.8 Å². The van der Waals surface area contributed by atoms with Gasteiger partial charge in [-0.15, -0.1) is 0 Å². The largest absolute Gasteiger partial charge is 0.491 e. The van der Waals surface area contributed by atoms with Crippen molar-refractivity contribution in [1.29, 1.82) is 0 Å². The van der Waals surface area contributed by atoms with Gasteiger partial charge in [0.15, 0.2) is 0 Å². The lowest BCUT2D eigenvalue weighted by Crippen LogP contribution is -2.61. The quantitative estimate of drug-likeness (QED) is 0.146. The molecule has 3 aromatic heterocycles. The summed E-state index contributed by atoms with van der Waals surface area (Å²) in [6, 6.07) is 16.9. The summed E-state index contributed by atoms with van der Waals surface area (Å²) in [7, 11) is 2.09. The predicted octanol–water partition coefficient (Wildman–Crippen LogP) is 3.81. The van der Waals surface area contributed by atoms with Crippen LogP contribution in [-0.2, 0) is 21.4 Å². The van der Waals surface area contributed by atoms with Crippen molar-refractivity contribution in [3.63, 3.8) is 0 Å². The second kappa shape index (κ2) is 15.1. The number of hydrogen-bond acceptors (Lipinski definition) is 11. The van der Waals surface area contributed by atoms with E-state index in [1.807, 2.05) is 30.7 Å². The van der Waals surface area contributed by atoms with Crippen LogP contribution in [0.2, 0.25) is 0 Å². The maximum absolute atomic E-state index is 13.0. The van der Waals surface area contributed by atoms with Crippen LogP contribution in [0, 0.1) is 0 Å². The van der Waals surface area contributed by atoms with Crippen LogP contribution in [0.1, 0.15) is 46.4 Å². The van der Waals surface area contributed by atoms with E-state index in [4.69, 9.17) is 14.2 Å². The third-order valence-corrected chi connectivity index (χ3v) is 11.6. The Morgan fingerprint density at radius 3 is 2.43 bits per heavy atom. The SMILES string of the molecule is Cn1c2ccncc2c2ccc(-c3ccc(OC4CCN(C5CN(CCOCCOc6ccc7c(c6)C(=O)N(C6CCC(=O)NC6=O)C7=O)C5)CC4)nc3)cc21. The van der Waals surface area contributed by atoms with Crippen molar-refractivity contribution in [2.45, 2.75) is 43.9 Å². The van der Waals surface area contributed by atoms with Gasteiger partial charge in [-0.25, -0.2) is 4.98 Å². The minimum absolute atomic E-state index is 0.0761. The van der Waals surface area contributed by atoms with E-state index < -0.39 is 29.7 Å². The molecular weight excluding hydrogens is 715 g/mol. The molecule has 14 heteroatoms. The van der Waals surface area contributed by atoms with Crippen LogP contribution in [0.15, 0.2) is 73.2 Å². The van der Waals surface area contributed by atoms with Crippen LogP contribution in [-0.4, -0.2) is 124 Å². The van der Waals surface area contributed by atoms with Gasteiger partial charge in [-0.3, -0.25) is 44.2 Å². The lowest BCUT2D eigenvalue weighted by Gasteiger charge is -2.47. The topological polar surface area (TPSA) is 148 Å². The van der Waals surface area contributed by atoms with E-state index in [1.54, 1.807) is 6.07 Å². The van der Waals surface area contributed by atoms with Gasteiger partial charge >= 0.3 is 0 Å². The summed E-state index contributed by atoms with van der Waals surface area (Å²) in [5.41, 5.74) is 4.92. The van der Waals surface area contributed by atoms with Gasteiger partial charge in [0.2, 0.25) is 17.7 Å². The average Bonchev–Trinajstić information content (AvgIpc) is 3.62. The summed E-state index contributed by atoms with van der Waals surface area (Å²) < 4.78 is 20.1. The summed E-state index contributed by atoms with van der Waals surface area (Å²) in [5.74, 6) is -1.03. The Bertz CT molecular complexity index is 2330. The number of nitrogens with zero attached hydrogens (tertiary/aromatic N) is 6. The first-order chi connectivity index (χ1) is 27.3. The molecule has 0 bridgehead atoms. The van der Waals surface area contributed by atoms with Gasteiger partial charge in [0.1, 0.15) is 24.5 Å². The van der Waals surface area contributed by atoms with Crippen LogP contribution in [0.5, 0.6) is 11.6 Å². The zero-order valence-electron chi connectivity index (χ0n) is 31.2. The molecule has 7 heterocycles. The van der Waals surface area contributed by atoms with E-state index in [-0.39, 0.29) is 36.7 Å². The molecule has 14 nitrogen and oxygen atoms in total. The van der Waals surface area contributed by atoms with Gasteiger partial charge in [-0.1, -0.05) is 12.1 Å². The van der Waals surface area contributed by atoms with E-state index >= 15 is 0 Å². The van der Waals surface area contributed by atoms with Gasteiger partial charge in [-0.2, -0.15) is 0 Å². The summed E-state index contributed by atoms with van der Waals surface area (Å²) in [4.78, 5) is 64.6. The minimum atomic E-state index is -0.997. The van der Waals surface area contributed by atoms with E-state index in [1.165, 1.54) is 28.6 Å². The molecule has 0 spiro atoms. The van der Waals surface area contributed by atoms with Gasteiger partial charge in [0.05, 0.1) is 29.9 Å². The molecular formula is C42H43N7O7. The Balaban J connectivity index is 0.663. The Hall–Kier alpha value is -5.70. The van der Waals surface area contributed by atoms with Gasteiger partial charge in [0.25, 0.3) is 11.8 Å². The number of carbonyl (C=O) groups excluding carboxylic acids is 4. The van der Waals surface area contributed by atoms with Crippen molar-refractivity contribution >= 4 is 45.4 Å². The molecule has 4 aliphatic heterocycles. The summed E-state index contributed by atoms with van der Waals surface area (Å²) in [6.07, 6.45) is 7.96. The first kappa shape index (κ1) is 36.0. The van der Waals surface area contributed by atoms with Crippen LogP contribution >= 0.6 is 0 Å². The normalized spacial score (nSPS) is 19.8. The number of imide groups is 2. The number of fused-ring (bicyclic) bond motifs is 4. The average molecular weight is 758 g/mol. The molecule has 1 unspecified atom stereocenters. The van der Waals surface area contributed by atoms with Crippen molar-refractivity contribution in [2.24, 2.45) is 7.05 Å². The molecule has 4 amide bonds. The molecule has 5 aromatic rings. The molecule has 4 aliphatic rings. The monoisotopic (exact) mass is 757 g/mol. The molecule has 0 radical (unpaired) electrons. The van der Waals surface area contributed by atoms with Crippen molar-refractivity contribution in [2.75, 3.05) is 52.5 Å². The smallest absolute Gasteiger partial charge is 0.262 e. The number of aryl methyl sites for hydroxylation is 1. The van der Waals surface area contributed by atoms with Crippen LogP contribution < -0.4 is 14.8 Å². The number of hydrogen-bond donors (Lipinski definition) is 1. The lowest BCUT2D eigenvalue weighted by molar-refractivity contribution is -0.136. The van der Waals surface area contributed by atoms with Crippen molar-refractivity contribution in [3.05, 3.63) is 84.3 Å². The highest BCUT2D eigenvalue weighted by Gasteiger charge is 2.44. The highest BCUT2D eigenvalue weighted by Crippen LogP contribution is 2.33. The molecule has 3 fully saturated rings. The van der Waals surface area contributed by atoms with E-state index in [0.29, 0.717) is 30.9 Å². The predicted molar refractivity (Wildman–Crippen MR) is 206 cm³/mol. The molecule has 2 aromatic carbocycles. The number of nitrogens with one attached hydrogen (secondary N) is 1. The number of carbonyl (C=O) groups is 4. The Morgan fingerprint density at radius 2 is 1.62 bits per heavy atom. The molecule has 9 rings (SSSR count). The fraction of sp³-hybridized carbons (Fsp3) is 0.381. The number of amides is 4. The summed E-state index contributed by atoms with van der Waals surface area (Å²) in [5, 5.41) is 4.56. The van der Waals surface area contributed by atoms with E-state index in [0.717, 1.165) is 67.0 Å². The van der Waals surface area contributed by atoms with E-state index in [9.17, 15) is 19.2 Å². The first-order valence-corrected chi connectivity index (χ1v) is 19.3. The summed E-state index contributed by atoms with van der Waals surface area (Å²) in [6.45, 7) is 6.16. The number of pyridine rings is 2. The number of ether oxygens (including phenoxy) is 3. The molecule has 288 valence electrons. The van der Waals surface area contributed by atoms with Crippen LogP contribution in [0.25, 0.3) is 32.9 Å². The van der Waals surface area contributed by atoms with Crippen molar-refractivity contribution in [1.82, 2.24) is 34.6 Å². The third-order valence-electron chi connectivity index (χ3n) is 11.6. The zero-order valence-corrected chi connectivity index (χ0v) is 31.2. The fourth-order valence-corrected chi connectivity index (χ4v) is 8.39. The minimum Gasteiger partial charge on any atom is -0.491 e. The molecule has 0 saturated carbocycles. The second-order valence-corrected chi connectivity index (χ2v) is 15.0. The maximum atomic E-state index is 13.0. The Morgan fingerprint density at radius 1 is 0.804 bits per heavy atom. The number of benzene rings is 2. The van der Waals surface area contributed by atoms with Crippen molar-refractivity contribution < 1.29 is 33.4 Å². The maximum Gasteiger partial charge on any atom is 0.262 e. The number of rotatable bonds is 12. The van der Waals surface area contributed by atoms with E-state index in [2.05, 4.69) is 61.0 Å². The van der Waals surface area contributed by atoms with Gasteiger partial charge in [0, 0.05) is 98.7 Å². The van der Waals surface area contributed by atoms with Crippen molar-refractivity contribution in [3.8, 4) is 22.8 Å². The standard InChI is InChI=1S/C42H43N7O7/c1-46-35-10-13-43-23-34(35)31-5-2-26(20-37(31)46)27-3-9-39(44-22-27)56-29-11-14-48(15-12-29)28-24-47(25-28)16-17-54-18-19-55-30-4-6-32-33(21-30)42(53)49(41(32)52)36-7-8-38(50)45-40(36)51/h2-6,9-10,13,20-23,28-29,36H,7-8,11-12,14-19,24-25H2,1H3,(H,45,50,51). The number of aromatic nitrogens is 3. The highest BCUT2D eigenvalue weighted by atomic mass is 16.5. The second-order valence-electron chi connectivity index (χ2n) is 15.0. The summed E-state index contributed by atoms with van der Waals surface area (Å²) >= 11 is 0. The van der Waals surface area contributed by atoms with Crippen LogP contribution in [0.3, 0.4) is 0 Å². The lowest BCUT2D eigenvalue weighted by atomic mass is 10.0. The molecule has 56 heavy (non-hydrogen) atoms. The fourth-order valence-electron chi connectivity index (χ4n) is 8.39. The first-order valence-electron chi connectivity index (χ1n) is 19.3.